The van der Waals surface area contributed by atoms with Gasteiger partial charge in [0.15, 0.2) is 0 Å². The maximum absolute atomic E-state index is 4.04. The SMILES string of the molecule is CN1CCCC(CNCCCn2ccnc2)C1. The molecule has 4 nitrogen and oxygen atoms in total. The first-order valence-corrected chi connectivity index (χ1v) is 6.69. The predicted octanol–water partition coefficient (Wildman–Crippen LogP) is 1.20. The van der Waals surface area contributed by atoms with Gasteiger partial charge in [-0.05, 0) is 51.9 Å². The average molecular weight is 236 g/mol. The van der Waals surface area contributed by atoms with Gasteiger partial charge in [-0.3, -0.25) is 0 Å². The predicted molar refractivity (Wildman–Crippen MR) is 69.9 cm³/mol. The van der Waals surface area contributed by atoms with Crippen LogP contribution in [-0.2, 0) is 6.54 Å². The van der Waals surface area contributed by atoms with E-state index in [0.717, 1.165) is 19.0 Å². The van der Waals surface area contributed by atoms with Gasteiger partial charge in [0.25, 0.3) is 0 Å². The first-order chi connectivity index (χ1) is 8.34. The number of likely N-dealkylation sites (tertiary alicyclic amines) is 1. The van der Waals surface area contributed by atoms with Crippen LogP contribution in [0.25, 0.3) is 0 Å². The Hall–Kier alpha value is -0.870. The molecule has 0 aliphatic carbocycles. The molecular formula is C13H24N4. The molecule has 0 saturated carbocycles. The average Bonchev–Trinajstić information content (AvgIpc) is 2.82. The van der Waals surface area contributed by atoms with E-state index in [1.807, 2.05) is 18.7 Å². The summed E-state index contributed by atoms with van der Waals surface area (Å²) in [5, 5.41) is 3.58. The van der Waals surface area contributed by atoms with Crippen molar-refractivity contribution in [3.05, 3.63) is 18.7 Å². The van der Waals surface area contributed by atoms with Crippen molar-refractivity contribution in [3.8, 4) is 0 Å². The molecule has 0 radical (unpaired) electrons. The largest absolute Gasteiger partial charge is 0.337 e. The number of nitrogens with zero attached hydrogens (tertiary/aromatic N) is 3. The van der Waals surface area contributed by atoms with Crippen molar-refractivity contribution >= 4 is 0 Å². The summed E-state index contributed by atoms with van der Waals surface area (Å²) in [5.74, 6) is 0.849. The molecule has 1 aliphatic heterocycles. The summed E-state index contributed by atoms with van der Waals surface area (Å²) in [6.07, 6.45) is 9.67. The lowest BCUT2D eigenvalue weighted by Gasteiger charge is -2.29. The normalized spacial score (nSPS) is 21.8. The van der Waals surface area contributed by atoms with Gasteiger partial charge in [-0.15, -0.1) is 0 Å². The molecule has 0 aromatic carbocycles. The van der Waals surface area contributed by atoms with E-state index in [2.05, 4.69) is 26.8 Å². The van der Waals surface area contributed by atoms with Crippen molar-refractivity contribution in [1.29, 1.82) is 0 Å². The first-order valence-electron chi connectivity index (χ1n) is 6.69. The van der Waals surface area contributed by atoms with E-state index >= 15 is 0 Å². The number of hydrogen-bond donors (Lipinski definition) is 1. The third kappa shape index (κ3) is 4.48. The molecule has 1 atom stereocenters. The zero-order valence-corrected chi connectivity index (χ0v) is 10.8. The second-order valence-corrected chi connectivity index (χ2v) is 5.13. The fraction of sp³-hybridized carbons (Fsp3) is 0.769. The minimum absolute atomic E-state index is 0.849. The van der Waals surface area contributed by atoms with Crippen LogP contribution in [0, 0.1) is 5.92 Å². The molecule has 1 aliphatic rings. The Labute approximate surface area is 104 Å². The number of rotatable bonds is 6. The topological polar surface area (TPSA) is 33.1 Å². The van der Waals surface area contributed by atoms with Crippen LogP contribution in [0.15, 0.2) is 18.7 Å². The molecule has 0 amide bonds. The third-order valence-corrected chi connectivity index (χ3v) is 3.48. The van der Waals surface area contributed by atoms with Gasteiger partial charge in [-0.1, -0.05) is 0 Å². The fourth-order valence-electron chi connectivity index (χ4n) is 2.55. The van der Waals surface area contributed by atoms with Crippen molar-refractivity contribution in [1.82, 2.24) is 19.8 Å². The van der Waals surface area contributed by atoms with E-state index in [9.17, 15) is 0 Å². The second kappa shape index (κ2) is 6.77. The Balaban J connectivity index is 1.51. The van der Waals surface area contributed by atoms with Gasteiger partial charge < -0.3 is 14.8 Å². The number of aromatic nitrogens is 2. The summed E-state index contributed by atoms with van der Waals surface area (Å²) in [4.78, 5) is 6.49. The summed E-state index contributed by atoms with van der Waals surface area (Å²) in [5.41, 5.74) is 0. The fourth-order valence-corrected chi connectivity index (χ4v) is 2.55. The van der Waals surface area contributed by atoms with Crippen LogP contribution in [0.5, 0.6) is 0 Å². The van der Waals surface area contributed by atoms with Gasteiger partial charge >= 0.3 is 0 Å². The molecule has 2 rings (SSSR count). The summed E-state index contributed by atoms with van der Waals surface area (Å²) < 4.78 is 2.13. The van der Waals surface area contributed by atoms with Crippen molar-refractivity contribution in [2.24, 2.45) is 5.92 Å². The molecule has 2 heterocycles. The zero-order chi connectivity index (χ0) is 11.9. The van der Waals surface area contributed by atoms with E-state index in [4.69, 9.17) is 0 Å². The van der Waals surface area contributed by atoms with Crippen molar-refractivity contribution < 1.29 is 0 Å². The number of imidazole rings is 1. The van der Waals surface area contributed by atoms with Crippen LogP contribution in [0.1, 0.15) is 19.3 Å². The monoisotopic (exact) mass is 236 g/mol. The van der Waals surface area contributed by atoms with Crippen molar-refractivity contribution in [2.75, 3.05) is 33.2 Å². The van der Waals surface area contributed by atoms with Crippen LogP contribution >= 0.6 is 0 Å². The molecule has 1 saturated heterocycles. The van der Waals surface area contributed by atoms with E-state index < -0.39 is 0 Å². The summed E-state index contributed by atoms with van der Waals surface area (Å²) >= 11 is 0. The summed E-state index contributed by atoms with van der Waals surface area (Å²) in [7, 11) is 2.23. The number of aryl methyl sites for hydroxylation is 1. The van der Waals surface area contributed by atoms with Gasteiger partial charge in [-0.25, -0.2) is 4.98 Å². The zero-order valence-electron chi connectivity index (χ0n) is 10.8. The lowest BCUT2D eigenvalue weighted by atomic mass is 9.98. The van der Waals surface area contributed by atoms with E-state index in [0.29, 0.717) is 0 Å². The van der Waals surface area contributed by atoms with Crippen LogP contribution < -0.4 is 5.32 Å². The molecule has 96 valence electrons. The third-order valence-electron chi connectivity index (χ3n) is 3.48. The summed E-state index contributed by atoms with van der Waals surface area (Å²) in [6, 6.07) is 0. The minimum atomic E-state index is 0.849. The lowest BCUT2D eigenvalue weighted by Crippen LogP contribution is -2.37. The lowest BCUT2D eigenvalue weighted by molar-refractivity contribution is 0.206. The highest BCUT2D eigenvalue weighted by Crippen LogP contribution is 2.13. The van der Waals surface area contributed by atoms with E-state index in [1.54, 1.807) is 0 Å². The number of nitrogens with one attached hydrogen (secondary N) is 1. The Morgan fingerprint density at radius 3 is 3.18 bits per heavy atom. The van der Waals surface area contributed by atoms with Crippen LogP contribution in [0.3, 0.4) is 0 Å². The van der Waals surface area contributed by atoms with Crippen LogP contribution in [0.2, 0.25) is 0 Å². The molecule has 1 unspecified atom stereocenters. The Morgan fingerprint density at radius 1 is 1.47 bits per heavy atom. The highest BCUT2D eigenvalue weighted by Gasteiger charge is 2.16. The summed E-state index contributed by atoms with van der Waals surface area (Å²) in [6.45, 7) is 5.88. The molecular weight excluding hydrogens is 212 g/mol. The van der Waals surface area contributed by atoms with Crippen molar-refractivity contribution in [2.45, 2.75) is 25.8 Å². The standard InChI is InChI=1S/C13H24N4/c1-16-7-2-4-13(11-16)10-14-5-3-8-17-9-6-15-12-17/h6,9,12-14H,2-5,7-8,10-11H2,1H3. The van der Waals surface area contributed by atoms with Gasteiger partial charge in [0, 0.05) is 25.5 Å². The van der Waals surface area contributed by atoms with Gasteiger partial charge in [0.05, 0.1) is 6.33 Å². The molecule has 1 aromatic heterocycles. The van der Waals surface area contributed by atoms with Gasteiger partial charge in [-0.2, -0.15) is 0 Å². The molecule has 1 fully saturated rings. The highest BCUT2D eigenvalue weighted by atomic mass is 15.1. The number of hydrogen-bond acceptors (Lipinski definition) is 3. The van der Waals surface area contributed by atoms with Gasteiger partial charge in [0.2, 0.25) is 0 Å². The molecule has 1 aromatic rings. The first kappa shape index (κ1) is 12.6. The Bertz CT molecular complexity index is 296. The van der Waals surface area contributed by atoms with E-state index in [-0.39, 0.29) is 0 Å². The number of piperidine rings is 1. The van der Waals surface area contributed by atoms with Crippen molar-refractivity contribution in [3.63, 3.8) is 0 Å². The van der Waals surface area contributed by atoms with E-state index in [1.165, 1.54) is 38.9 Å². The van der Waals surface area contributed by atoms with Crippen LogP contribution in [0.4, 0.5) is 0 Å². The highest BCUT2D eigenvalue weighted by molar-refractivity contribution is 4.74. The molecule has 0 bridgehead atoms. The minimum Gasteiger partial charge on any atom is -0.337 e. The maximum Gasteiger partial charge on any atom is 0.0945 e. The Morgan fingerprint density at radius 2 is 2.41 bits per heavy atom. The maximum atomic E-state index is 4.04. The van der Waals surface area contributed by atoms with Gasteiger partial charge in [0.1, 0.15) is 0 Å². The smallest absolute Gasteiger partial charge is 0.0945 e. The second-order valence-electron chi connectivity index (χ2n) is 5.13. The van der Waals surface area contributed by atoms with Crippen LogP contribution in [-0.4, -0.2) is 47.7 Å². The molecule has 4 heteroatoms. The Kier molecular flexibility index (Phi) is 5.01. The molecule has 1 N–H and O–H groups in total. The molecule has 0 spiro atoms. The molecule has 17 heavy (non-hydrogen) atoms. The quantitative estimate of drug-likeness (QED) is 0.754.